The Kier molecular flexibility index (Phi) is 15.9. The van der Waals surface area contributed by atoms with Crippen LogP contribution in [-0.2, 0) is 16.2 Å². The first-order valence-corrected chi connectivity index (χ1v) is 29.7. The first-order chi connectivity index (χ1) is 29.2. The van der Waals surface area contributed by atoms with E-state index in [1.54, 1.807) is 39.0 Å². The minimum atomic E-state index is -2.02. The maximum Gasteiger partial charge on any atom is 0.127 e. The molecule has 0 heterocycles. The van der Waals surface area contributed by atoms with Crippen LogP contribution in [0.3, 0.4) is 0 Å². The lowest BCUT2D eigenvalue weighted by atomic mass is 9.61. The second-order valence-electron chi connectivity index (χ2n) is 25.2. The second-order valence-corrected chi connectivity index (χ2v) is 29.7. The van der Waals surface area contributed by atoms with Crippen molar-refractivity contribution >= 4 is 13.8 Å². The third-order valence-corrected chi connectivity index (χ3v) is 22.1. The summed E-state index contributed by atoms with van der Waals surface area (Å²) in [4.78, 5) is 0. The summed E-state index contributed by atoms with van der Waals surface area (Å²) in [5.74, 6) is 1.66. The first-order valence-electron chi connectivity index (χ1n) is 26.7. The number of benzene rings is 2. The van der Waals surface area contributed by atoms with E-state index in [1.807, 2.05) is 0 Å². The fourth-order valence-corrected chi connectivity index (χ4v) is 20.6. The molecule has 0 bridgehead atoms. The molecule has 0 spiro atoms. The van der Waals surface area contributed by atoms with Crippen LogP contribution in [0.5, 0.6) is 0 Å². The summed E-state index contributed by atoms with van der Waals surface area (Å²) in [6.45, 7) is 35.4. The minimum absolute atomic E-state index is 0.107. The molecule has 2 aromatic rings. The number of rotatable bonds is 21. The normalized spacial score (nSPS) is 23.7. The molecule has 1 nitrogen and oxygen atoms in total. The molecule has 0 amide bonds. The predicted octanol–water partition coefficient (Wildman–Crippen LogP) is 18.6. The molecule has 0 saturated heterocycles. The van der Waals surface area contributed by atoms with Gasteiger partial charge in [0.1, 0.15) is 8.24 Å². The third-order valence-electron chi connectivity index (χ3n) is 17.2. The molecule has 1 fully saturated rings. The number of allylic oxidation sites excluding steroid dienone is 4. The summed E-state index contributed by atoms with van der Waals surface area (Å²) in [5, 5.41) is 0. The maximum absolute atomic E-state index is 3.04. The van der Waals surface area contributed by atoms with E-state index < -0.39 is 8.24 Å². The fourth-order valence-electron chi connectivity index (χ4n) is 14.7. The van der Waals surface area contributed by atoms with E-state index in [9.17, 15) is 0 Å². The van der Waals surface area contributed by atoms with E-state index in [4.69, 9.17) is 0 Å². The number of fused-ring (bicyclic) bond motifs is 5. The van der Waals surface area contributed by atoms with Gasteiger partial charge in [0.2, 0.25) is 0 Å². The average molecular weight is 861 g/mol. The van der Waals surface area contributed by atoms with Gasteiger partial charge in [0, 0.05) is 16.5 Å². The van der Waals surface area contributed by atoms with Gasteiger partial charge < -0.3 is 4.57 Å². The van der Waals surface area contributed by atoms with Crippen molar-refractivity contribution in [1.29, 1.82) is 0 Å². The molecule has 62 heavy (non-hydrogen) atoms. The van der Waals surface area contributed by atoms with Crippen molar-refractivity contribution in [2.45, 2.75) is 270 Å². The van der Waals surface area contributed by atoms with Crippen LogP contribution in [0.1, 0.15) is 252 Å². The highest BCUT2D eigenvalue weighted by atomic mass is 28.3. The molecule has 2 aromatic carbocycles. The van der Waals surface area contributed by atoms with Crippen molar-refractivity contribution in [2.24, 2.45) is 11.8 Å². The third kappa shape index (κ3) is 10.4. The molecule has 4 unspecified atom stereocenters. The molecule has 4 atom stereocenters. The summed E-state index contributed by atoms with van der Waals surface area (Å²) < 4.78 is 3.04. The quantitative estimate of drug-likeness (QED) is 0.0893. The van der Waals surface area contributed by atoms with E-state index in [-0.39, 0.29) is 27.3 Å². The van der Waals surface area contributed by atoms with E-state index in [1.165, 1.54) is 135 Å². The van der Waals surface area contributed by atoms with Crippen molar-refractivity contribution in [2.75, 3.05) is 0 Å². The van der Waals surface area contributed by atoms with Gasteiger partial charge in [0.25, 0.3) is 0 Å². The Balaban J connectivity index is 1.50. The van der Waals surface area contributed by atoms with E-state index in [0.717, 1.165) is 0 Å². The Bertz CT molecular complexity index is 1790. The van der Waals surface area contributed by atoms with Crippen LogP contribution >= 0.6 is 0 Å². The monoisotopic (exact) mass is 860 g/mol. The Hall–Kier alpha value is -1.90. The highest BCUT2D eigenvalue weighted by molar-refractivity contribution is 6.76. The molecule has 0 radical (unpaired) electrons. The highest BCUT2D eigenvalue weighted by Crippen LogP contribution is 2.65. The Labute approximate surface area is 386 Å². The van der Waals surface area contributed by atoms with Gasteiger partial charge in [-0.2, -0.15) is 0 Å². The van der Waals surface area contributed by atoms with Crippen LogP contribution in [-0.4, -0.2) is 23.9 Å². The Morgan fingerprint density at radius 2 is 1.05 bits per heavy atom. The van der Waals surface area contributed by atoms with Gasteiger partial charge in [-0.1, -0.05) is 212 Å². The second kappa shape index (κ2) is 19.9. The van der Waals surface area contributed by atoms with Crippen LogP contribution in [0.25, 0.3) is 5.57 Å². The summed E-state index contributed by atoms with van der Waals surface area (Å²) >= 11 is 0. The predicted molar refractivity (Wildman–Crippen MR) is 277 cm³/mol. The Morgan fingerprint density at radius 1 is 0.581 bits per heavy atom. The Morgan fingerprint density at radius 3 is 1.53 bits per heavy atom. The molecule has 346 valence electrons. The number of unbranched alkanes of at least 4 members (excludes halogenated alkanes) is 14. The zero-order valence-electron chi connectivity index (χ0n) is 43.3. The summed E-state index contributed by atoms with van der Waals surface area (Å²) in [6.07, 6.45) is 34.7. The van der Waals surface area contributed by atoms with Crippen LogP contribution in [0.2, 0.25) is 18.6 Å². The zero-order valence-corrected chi connectivity index (χ0v) is 44.3. The largest absolute Gasteiger partial charge is 0.314 e. The van der Waals surface area contributed by atoms with Crippen molar-refractivity contribution in [3.8, 4) is 0 Å². The van der Waals surface area contributed by atoms with Gasteiger partial charge in [-0.05, 0) is 147 Å². The van der Waals surface area contributed by atoms with Crippen molar-refractivity contribution in [3.63, 3.8) is 0 Å². The molecule has 0 aromatic heterocycles. The highest BCUT2D eigenvalue weighted by Gasteiger charge is 2.58. The average Bonchev–Trinajstić information content (AvgIpc) is 3.70. The summed E-state index contributed by atoms with van der Waals surface area (Å²) in [5.41, 5.74) is 13.1. The van der Waals surface area contributed by atoms with E-state index >= 15 is 0 Å². The minimum Gasteiger partial charge on any atom is -0.314 e. The topological polar surface area (TPSA) is 3.24 Å². The fraction of sp³-hybridized carbons (Fsp3) is 0.733. The molecule has 0 N–H and O–H groups in total. The lowest BCUT2D eigenvalue weighted by Gasteiger charge is -2.57. The smallest absolute Gasteiger partial charge is 0.127 e. The van der Waals surface area contributed by atoms with Gasteiger partial charge >= 0.3 is 0 Å². The molecule has 2 heteroatoms. The first kappa shape index (κ1) is 49.5. The molecule has 1 saturated carbocycles. The summed E-state index contributed by atoms with van der Waals surface area (Å²) in [6, 6.07) is 17.5. The van der Waals surface area contributed by atoms with Crippen LogP contribution < -0.4 is 0 Å². The van der Waals surface area contributed by atoms with Crippen LogP contribution in [0, 0.1) is 11.8 Å². The molecule has 0 aliphatic heterocycles. The number of hydrogen-bond acceptors (Lipinski definition) is 1. The van der Waals surface area contributed by atoms with E-state index in [2.05, 4.69) is 155 Å². The molecule has 6 rings (SSSR count). The molecular formula is C60H97NSi. The lowest BCUT2D eigenvalue weighted by molar-refractivity contribution is 0.122. The standard InChI is InChI=1S/C60H97NSi/c1-15-17-19-21-23-25-27-32-36-60(37-33-28-26-24-22-20-18-16-2)51-41-47-46(45-34-30-29-31-35-45)43-55(62(13,14)61(56(3,4)5)57(6,7)8)50(47)40-48(51)49-42-53-54(44-52(49)60)59(11,12)39-38-58(53,9)10/h29-31,34-35,40-42,44,46-47,50,55H,15-28,32-33,36-39,43H2,1-14H3. The van der Waals surface area contributed by atoms with Crippen molar-refractivity contribution in [3.05, 3.63) is 88.0 Å². The van der Waals surface area contributed by atoms with Gasteiger partial charge in [-0.25, -0.2) is 0 Å². The molecular weight excluding hydrogens is 763 g/mol. The summed E-state index contributed by atoms with van der Waals surface area (Å²) in [7, 11) is -2.02. The van der Waals surface area contributed by atoms with E-state index in [0.29, 0.717) is 23.3 Å². The van der Waals surface area contributed by atoms with Gasteiger partial charge in [0.15, 0.2) is 0 Å². The molecule has 4 aliphatic rings. The van der Waals surface area contributed by atoms with Gasteiger partial charge in [0.05, 0.1) is 0 Å². The SMILES string of the molecule is CCCCCCCCCCC1(CCCCCCCCCC)C2=CC3C(c4ccccc4)CC([Si](C)(C)N(C(C)(C)C)C(C)(C)C)C3C=C2c2cc3c(cc21)C(C)(C)CCC3(C)C. The van der Waals surface area contributed by atoms with Crippen LogP contribution in [0.4, 0.5) is 0 Å². The lowest BCUT2D eigenvalue weighted by Crippen LogP contribution is -2.67. The maximum atomic E-state index is 3.04. The van der Waals surface area contributed by atoms with Crippen molar-refractivity contribution in [1.82, 2.24) is 4.57 Å². The van der Waals surface area contributed by atoms with Gasteiger partial charge in [-0.3, -0.25) is 0 Å². The van der Waals surface area contributed by atoms with Crippen LogP contribution in [0.15, 0.2) is 60.2 Å². The number of nitrogens with zero attached hydrogens (tertiary/aromatic N) is 1. The van der Waals surface area contributed by atoms with Gasteiger partial charge in [-0.15, -0.1) is 0 Å². The van der Waals surface area contributed by atoms with Crippen molar-refractivity contribution < 1.29 is 0 Å². The number of hydrogen-bond donors (Lipinski definition) is 0. The zero-order chi connectivity index (χ0) is 45.1. The molecule has 4 aliphatic carbocycles.